The minimum absolute atomic E-state index is 0.291. The first-order chi connectivity index (χ1) is 11.9. The molecule has 0 fully saturated rings. The minimum atomic E-state index is -0.727. The lowest BCUT2D eigenvalue weighted by Crippen LogP contribution is -2.26. The molecule has 0 aliphatic rings. The highest BCUT2D eigenvalue weighted by Gasteiger charge is 2.14. The molecule has 0 heterocycles. The highest BCUT2D eigenvalue weighted by molar-refractivity contribution is 6.30. The standard InChI is InChI=1S/C19H18Cl2N2O2/c1-13(3-4-15-5-7-16(20)8-6-15)23-25-14(2)19(24)22-18-11-9-17(21)10-12-18/h3-12,14H,1-2H3,(H,22,24)/b4-3+,23-13+. The Kier molecular flexibility index (Phi) is 7.04. The van der Waals surface area contributed by atoms with Crippen molar-refractivity contribution in [1.82, 2.24) is 0 Å². The van der Waals surface area contributed by atoms with E-state index in [1.165, 1.54) is 0 Å². The van der Waals surface area contributed by atoms with Crippen molar-refractivity contribution in [2.45, 2.75) is 20.0 Å². The maximum absolute atomic E-state index is 12.1. The van der Waals surface area contributed by atoms with Crippen LogP contribution in [0.15, 0.2) is 59.8 Å². The highest BCUT2D eigenvalue weighted by Crippen LogP contribution is 2.14. The highest BCUT2D eigenvalue weighted by atomic mass is 35.5. The second-order valence-electron chi connectivity index (χ2n) is 5.36. The zero-order valence-electron chi connectivity index (χ0n) is 13.9. The molecule has 2 rings (SSSR count). The normalized spacial score (nSPS) is 12.9. The van der Waals surface area contributed by atoms with E-state index < -0.39 is 6.10 Å². The van der Waals surface area contributed by atoms with E-state index >= 15 is 0 Å². The Morgan fingerprint density at radius 2 is 1.64 bits per heavy atom. The molecule has 0 aliphatic carbocycles. The number of halogens is 2. The van der Waals surface area contributed by atoms with E-state index in [4.69, 9.17) is 28.0 Å². The number of allylic oxidation sites excluding steroid dienone is 1. The number of rotatable bonds is 6. The van der Waals surface area contributed by atoms with Crippen LogP contribution in [0.3, 0.4) is 0 Å². The Morgan fingerprint density at radius 1 is 1.08 bits per heavy atom. The van der Waals surface area contributed by atoms with E-state index in [0.29, 0.717) is 21.4 Å². The van der Waals surface area contributed by atoms with Crippen LogP contribution in [-0.2, 0) is 9.63 Å². The Morgan fingerprint density at radius 3 is 2.24 bits per heavy atom. The molecule has 6 heteroatoms. The zero-order chi connectivity index (χ0) is 18.2. The molecule has 0 radical (unpaired) electrons. The fourth-order valence-electron chi connectivity index (χ4n) is 1.81. The average molecular weight is 377 g/mol. The average Bonchev–Trinajstić information content (AvgIpc) is 2.61. The number of carbonyl (C=O) groups excluding carboxylic acids is 1. The molecule has 4 nitrogen and oxygen atoms in total. The second kappa shape index (κ2) is 9.25. The molecule has 2 aromatic carbocycles. The van der Waals surface area contributed by atoms with E-state index in [9.17, 15) is 4.79 Å². The van der Waals surface area contributed by atoms with Gasteiger partial charge < -0.3 is 10.2 Å². The molecule has 2 aromatic rings. The van der Waals surface area contributed by atoms with Gasteiger partial charge in [0.2, 0.25) is 6.10 Å². The summed E-state index contributed by atoms with van der Waals surface area (Å²) >= 11 is 11.7. The number of carbonyl (C=O) groups is 1. The predicted molar refractivity (Wildman–Crippen MR) is 104 cm³/mol. The number of hydrogen-bond donors (Lipinski definition) is 1. The molecule has 130 valence electrons. The van der Waals surface area contributed by atoms with Crippen molar-refractivity contribution >= 4 is 46.6 Å². The Hall–Kier alpha value is -2.30. The quantitative estimate of drug-likeness (QED) is 0.539. The SMILES string of the molecule is CC(/C=C/c1ccc(Cl)cc1)=N\OC(C)C(=O)Nc1ccc(Cl)cc1. The Bertz CT molecular complexity index is 769. The van der Waals surface area contributed by atoms with Crippen molar-refractivity contribution in [3.63, 3.8) is 0 Å². The molecular weight excluding hydrogens is 359 g/mol. The van der Waals surface area contributed by atoms with Crippen LogP contribution in [0, 0.1) is 0 Å². The third-order valence-corrected chi connectivity index (χ3v) is 3.73. The topological polar surface area (TPSA) is 50.7 Å². The third-order valence-electron chi connectivity index (χ3n) is 3.22. The van der Waals surface area contributed by atoms with Gasteiger partial charge in [0, 0.05) is 15.7 Å². The first kappa shape index (κ1) is 19.0. The van der Waals surface area contributed by atoms with Crippen molar-refractivity contribution in [3.05, 3.63) is 70.2 Å². The molecule has 0 spiro atoms. The summed E-state index contributed by atoms with van der Waals surface area (Å²) in [6.45, 7) is 3.42. The molecule has 0 bridgehead atoms. The summed E-state index contributed by atoms with van der Waals surface area (Å²) in [6.07, 6.45) is 2.96. The summed E-state index contributed by atoms with van der Waals surface area (Å²) < 4.78 is 0. The van der Waals surface area contributed by atoms with Crippen molar-refractivity contribution < 1.29 is 9.63 Å². The van der Waals surface area contributed by atoms with E-state index in [2.05, 4.69) is 10.5 Å². The number of benzene rings is 2. The van der Waals surface area contributed by atoms with E-state index in [1.807, 2.05) is 30.3 Å². The molecule has 0 saturated heterocycles. The van der Waals surface area contributed by atoms with Gasteiger partial charge in [-0.1, -0.05) is 46.6 Å². The number of amides is 1. The van der Waals surface area contributed by atoms with Gasteiger partial charge in [0.25, 0.3) is 5.91 Å². The van der Waals surface area contributed by atoms with Gasteiger partial charge >= 0.3 is 0 Å². The van der Waals surface area contributed by atoms with Gasteiger partial charge in [-0.15, -0.1) is 0 Å². The van der Waals surface area contributed by atoms with Gasteiger partial charge in [-0.05, 0) is 61.9 Å². The molecule has 25 heavy (non-hydrogen) atoms. The maximum Gasteiger partial charge on any atom is 0.267 e. The summed E-state index contributed by atoms with van der Waals surface area (Å²) in [7, 11) is 0. The molecule has 1 N–H and O–H groups in total. The first-order valence-electron chi connectivity index (χ1n) is 7.64. The molecular formula is C19H18Cl2N2O2. The maximum atomic E-state index is 12.1. The monoisotopic (exact) mass is 376 g/mol. The molecule has 0 aromatic heterocycles. The van der Waals surface area contributed by atoms with Crippen molar-refractivity contribution in [1.29, 1.82) is 0 Å². The fraction of sp³-hybridized carbons (Fsp3) is 0.158. The summed E-state index contributed by atoms with van der Waals surface area (Å²) in [6, 6.07) is 14.3. The third kappa shape index (κ3) is 6.61. The lowest BCUT2D eigenvalue weighted by molar-refractivity contribution is -0.126. The predicted octanol–water partition coefficient (Wildman–Crippen LogP) is 5.43. The van der Waals surface area contributed by atoms with E-state index in [-0.39, 0.29) is 5.91 Å². The van der Waals surface area contributed by atoms with Gasteiger partial charge in [-0.25, -0.2) is 0 Å². The summed E-state index contributed by atoms with van der Waals surface area (Å²) in [5, 5.41) is 7.98. The lowest BCUT2D eigenvalue weighted by atomic mass is 10.2. The largest absolute Gasteiger partial charge is 0.382 e. The van der Waals surface area contributed by atoms with Crippen molar-refractivity contribution in [2.24, 2.45) is 5.16 Å². The number of anilines is 1. The van der Waals surface area contributed by atoms with Crippen LogP contribution in [0.2, 0.25) is 10.0 Å². The van der Waals surface area contributed by atoms with E-state index in [0.717, 1.165) is 5.56 Å². The van der Waals surface area contributed by atoms with Crippen LogP contribution < -0.4 is 5.32 Å². The minimum Gasteiger partial charge on any atom is -0.382 e. The van der Waals surface area contributed by atoms with Crippen LogP contribution in [0.4, 0.5) is 5.69 Å². The molecule has 1 atom stereocenters. The van der Waals surface area contributed by atoms with Gasteiger partial charge in [-0.3, -0.25) is 4.79 Å². The molecule has 0 aliphatic heterocycles. The van der Waals surface area contributed by atoms with Crippen LogP contribution >= 0.6 is 23.2 Å². The summed E-state index contributed by atoms with van der Waals surface area (Å²) in [4.78, 5) is 17.3. The summed E-state index contributed by atoms with van der Waals surface area (Å²) in [5.41, 5.74) is 2.28. The fourth-order valence-corrected chi connectivity index (χ4v) is 2.06. The van der Waals surface area contributed by atoms with Crippen LogP contribution in [0.1, 0.15) is 19.4 Å². The van der Waals surface area contributed by atoms with Crippen molar-refractivity contribution in [2.75, 3.05) is 5.32 Å². The second-order valence-corrected chi connectivity index (χ2v) is 6.23. The van der Waals surface area contributed by atoms with Gasteiger partial charge in [0.05, 0.1) is 5.71 Å². The Balaban J connectivity index is 1.87. The van der Waals surface area contributed by atoms with Gasteiger partial charge in [-0.2, -0.15) is 0 Å². The summed E-state index contributed by atoms with van der Waals surface area (Å²) in [5.74, 6) is -0.291. The van der Waals surface area contributed by atoms with E-state index in [1.54, 1.807) is 44.2 Å². The lowest BCUT2D eigenvalue weighted by Gasteiger charge is -2.10. The molecule has 1 unspecified atom stereocenters. The number of nitrogens with one attached hydrogen (secondary N) is 1. The first-order valence-corrected chi connectivity index (χ1v) is 8.40. The van der Waals surface area contributed by atoms with Crippen LogP contribution in [-0.4, -0.2) is 17.7 Å². The number of nitrogens with zero attached hydrogens (tertiary/aromatic N) is 1. The Labute approximate surface area is 157 Å². The molecule has 1 amide bonds. The zero-order valence-corrected chi connectivity index (χ0v) is 15.4. The molecule has 0 saturated carbocycles. The number of hydrogen-bond acceptors (Lipinski definition) is 3. The van der Waals surface area contributed by atoms with Crippen molar-refractivity contribution in [3.8, 4) is 0 Å². The van der Waals surface area contributed by atoms with Gasteiger partial charge in [0.1, 0.15) is 0 Å². The van der Waals surface area contributed by atoms with Crippen LogP contribution in [0.5, 0.6) is 0 Å². The van der Waals surface area contributed by atoms with Gasteiger partial charge in [0.15, 0.2) is 0 Å². The van der Waals surface area contributed by atoms with Crippen LogP contribution in [0.25, 0.3) is 6.08 Å². The number of oxime groups is 1. The smallest absolute Gasteiger partial charge is 0.267 e.